The molecule has 0 fully saturated rings. The molecule has 0 saturated heterocycles. The Hall–Kier alpha value is -1.36. The summed E-state index contributed by atoms with van der Waals surface area (Å²) in [6, 6.07) is 7.95. The Morgan fingerprint density at radius 3 is 2.28 bits per heavy atom. The first-order valence-corrected chi connectivity index (χ1v) is 11.8. The average Bonchev–Trinajstić information content (AvgIpc) is 2.74. The van der Waals surface area contributed by atoms with Gasteiger partial charge in [-0.05, 0) is 82.8 Å². The third kappa shape index (κ3) is 8.49. The van der Waals surface area contributed by atoms with E-state index in [1.165, 1.54) is 71.4 Å². The number of nitrogens with zero attached hydrogens (tertiary/aromatic N) is 3. The van der Waals surface area contributed by atoms with E-state index in [2.05, 4.69) is 40.9 Å². The quantitative estimate of drug-likeness (QED) is 0.364. The van der Waals surface area contributed by atoms with E-state index in [9.17, 15) is 0 Å². The van der Waals surface area contributed by atoms with Crippen LogP contribution in [0.3, 0.4) is 0 Å². The second kappa shape index (κ2) is 13.8. The van der Waals surface area contributed by atoms with Crippen molar-refractivity contribution >= 4 is 28.2 Å². The monoisotopic (exact) mass is 418 g/mol. The molecule has 2 rings (SSSR count). The van der Waals surface area contributed by atoms with Gasteiger partial charge in [-0.15, -0.1) is 0 Å². The lowest BCUT2D eigenvalue weighted by atomic mass is 10.1. The molecule has 1 aromatic heterocycles. The highest BCUT2D eigenvalue weighted by Gasteiger charge is 2.05. The number of benzene rings is 1. The van der Waals surface area contributed by atoms with Gasteiger partial charge in [-0.2, -0.15) is 0 Å². The Balaban J connectivity index is 1.59. The lowest BCUT2D eigenvalue weighted by Gasteiger charge is -2.23. The topological polar surface area (TPSA) is 31.4 Å². The average molecular weight is 419 g/mol. The molecule has 29 heavy (non-hydrogen) atoms. The Bertz CT molecular complexity index is 702. The molecule has 0 aliphatic carbocycles. The molecule has 0 amide bonds. The van der Waals surface area contributed by atoms with Crippen molar-refractivity contribution in [2.75, 3.05) is 51.1 Å². The van der Waals surface area contributed by atoms with E-state index in [4.69, 9.17) is 11.6 Å². The number of hydrogen-bond donors (Lipinski definition) is 1. The fourth-order valence-corrected chi connectivity index (χ4v) is 3.96. The highest BCUT2D eigenvalue weighted by atomic mass is 35.5. The molecule has 0 spiro atoms. The molecular formula is C24H39ClN4. The first-order valence-electron chi connectivity index (χ1n) is 11.4. The van der Waals surface area contributed by atoms with Crippen LogP contribution in [0, 0.1) is 0 Å². The molecule has 2 aromatic rings. The van der Waals surface area contributed by atoms with Crippen molar-refractivity contribution in [2.24, 2.45) is 0 Å². The van der Waals surface area contributed by atoms with Gasteiger partial charge in [0.05, 0.1) is 5.52 Å². The number of pyridine rings is 1. The summed E-state index contributed by atoms with van der Waals surface area (Å²) in [6.45, 7) is 15.0. The highest BCUT2D eigenvalue weighted by Crippen LogP contribution is 2.24. The van der Waals surface area contributed by atoms with Gasteiger partial charge in [0.1, 0.15) is 0 Å². The lowest BCUT2D eigenvalue weighted by molar-refractivity contribution is 0.240. The van der Waals surface area contributed by atoms with E-state index in [1.54, 1.807) is 0 Å². The number of aromatic nitrogens is 1. The maximum atomic E-state index is 6.07. The van der Waals surface area contributed by atoms with Crippen molar-refractivity contribution in [1.82, 2.24) is 14.8 Å². The minimum Gasteiger partial charge on any atom is -0.384 e. The molecular weight excluding hydrogens is 380 g/mol. The molecule has 162 valence electrons. The Kier molecular flexibility index (Phi) is 11.4. The van der Waals surface area contributed by atoms with Gasteiger partial charge in [0.15, 0.2) is 0 Å². The lowest BCUT2D eigenvalue weighted by Crippen LogP contribution is -2.30. The molecule has 0 saturated carbocycles. The number of fused-ring (bicyclic) bond motifs is 1. The fraction of sp³-hybridized carbons (Fsp3) is 0.625. The van der Waals surface area contributed by atoms with Crippen LogP contribution in [0.25, 0.3) is 10.9 Å². The Morgan fingerprint density at radius 2 is 1.52 bits per heavy atom. The van der Waals surface area contributed by atoms with Gasteiger partial charge in [0.2, 0.25) is 0 Å². The van der Waals surface area contributed by atoms with Crippen molar-refractivity contribution in [1.29, 1.82) is 0 Å². The van der Waals surface area contributed by atoms with Crippen molar-refractivity contribution in [3.63, 3.8) is 0 Å². The molecule has 1 heterocycles. The van der Waals surface area contributed by atoms with Gasteiger partial charge in [-0.25, -0.2) is 0 Å². The van der Waals surface area contributed by atoms with Gasteiger partial charge in [0, 0.05) is 28.8 Å². The van der Waals surface area contributed by atoms with E-state index in [0.717, 1.165) is 28.2 Å². The van der Waals surface area contributed by atoms with Gasteiger partial charge in [0.25, 0.3) is 0 Å². The molecule has 1 N–H and O–H groups in total. The minimum absolute atomic E-state index is 0.733. The molecule has 0 atom stereocenters. The summed E-state index contributed by atoms with van der Waals surface area (Å²) in [5.74, 6) is 0. The first kappa shape index (κ1) is 23.9. The predicted octanol–water partition coefficient (Wildman–Crippen LogP) is 5.91. The smallest absolute Gasteiger partial charge is 0.0737 e. The highest BCUT2D eigenvalue weighted by molar-refractivity contribution is 6.31. The van der Waals surface area contributed by atoms with Crippen LogP contribution in [-0.4, -0.2) is 60.6 Å². The number of unbranched alkanes of at least 4 members (excludes halogenated alkanes) is 3. The van der Waals surface area contributed by atoms with E-state index >= 15 is 0 Å². The van der Waals surface area contributed by atoms with Crippen LogP contribution < -0.4 is 5.32 Å². The van der Waals surface area contributed by atoms with Gasteiger partial charge in [-0.3, -0.25) is 4.98 Å². The molecule has 0 aliphatic heterocycles. The summed E-state index contributed by atoms with van der Waals surface area (Å²) in [7, 11) is 0. The van der Waals surface area contributed by atoms with E-state index in [0.29, 0.717) is 0 Å². The third-order valence-electron chi connectivity index (χ3n) is 5.71. The van der Waals surface area contributed by atoms with Crippen molar-refractivity contribution in [3.8, 4) is 0 Å². The van der Waals surface area contributed by atoms with Crippen LogP contribution in [-0.2, 0) is 0 Å². The number of rotatable bonds is 15. The van der Waals surface area contributed by atoms with Crippen molar-refractivity contribution in [2.45, 2.75) is 52.9 Å². The Labute approximate surface area is 182 Å². The molecule has 5 heteroatoms. The minimum atomic E-state index is 0.733. The van der Waals surface area contributed by atoms with Crippen LogP contribution in [0.4, 0.5) is 5.69 Å². The molecule has 0 aliphatic rings. The third-order valence-corrected chi connectivity index (χ3v) is 5.95. The number of nitrogens with one attached hydrogen (secondary N) is 1. The number of halogens is 1. The predicted molar refractivity (Wildman–Crippen MR) is 128 cm³/mol. The molecule has 4 nitrogen and oxygen atoms in total. The standard InChI is InChI=1S/C24H39ClN4/c1-4-28(5-2)18-11-19-29(6-3)17-10-8-7-9-15-26-23-14-16-27-24-20-21(25)12-13-22(23)24/h12-14,16,20H,4-11,15,17-19H2,1-3H3,(H,26,27). The molecule has 0 unspecified atom stereocenters. The van der Waals surface area contributed by atoms with Gasteiger partial charge >= 0.3 is 0 Å². The van der Waals surface area contributed by atoms with E-state index in [-0.39, 0.29) is 0 Å². The van der Waals surface area contributed by atoms with Crippen molar-refractivity contribution in [3.05, 3.63) is 35.5 Å². The fourth-order valence-electron chi connectivity index (χ4n) is 3.80. The molecule has 1 aromatic carbocycles. The van der Waals surface area contributed by atoms with Crippen LogP contribution in [0.2, 0.25) is 5.02 Å². The van der Waals surface area contributed by atoms with Gasteiger partial charge in [-0.1, -0.05) is 45.2 Å². The van der Waals surface area contributed by atoms with E-state index in [1.807, 2.05) is 30.5 Å². The SMILES string of the molecule is CCN(CC)CCCN(CC)CCCCCCNc1ccnc2cc(Cl)ccc12. The van der Waals surface area contributed by atoms with Crippen LogP contribution >= 0.6 is 11.6 Å². The number of anilines is 1. The zero-order chi connectivity index (χ0) is 20.9. The summed E-state index contributed by atoms with van der Waals surface area (Å²) in [4.78, 5) is 9.53. The zero-order valence-electron chi connectivity index (χ0n) is 18.6. The van der Waals surface area contributed by atoms with Crippen LogP contribution in [0.15, 0.2) is 30.5 Å². The second-order valence-electron chi connectivity index (χ2n) is 7.68. The van der Waals surface area contributed by atoms with Gasteiger partial charge < -0.3 is 15.1 Å². The maximum Gasteiger partial charge on any atom is 0.0737 e. The molecule has 0 radical (unpaired) electrons. The maximum absolute atomic E-state index is 6.07. The summed E-state index contributed by atoms with van der Waals surface area (Å²) in [5, 5.41) is 5.44. The summed E-state index contributed by atoms with van der Waals surface area (Å²) in [6.07, 6.45) is 8.21. The normalized spacial score (nSPS) is 11.7. The van der Waals surface area contributed by atoms with Crippen LogP contribution in [0.5, 0.6) is 0 Å². The van der Waals surface area contributed by atoms with Crippen molar-refractivity contribution < 1.29 is 0 Å². The second-order valence-corrected chi connectivity index (χ2v) is 8.11. The van der Waals surface area contributed by atoms with E-state index < -0.39 is 0 Å². The summed E-state index contributed by atoms with van der Waals surface area (Å²) < 4.78 is 0. The largest absolute Gasteiger partial charge is 0.384 e. The summed E-state index contributed by atoms with van der Waals surface area (Å²) >= 11 is 6.07. The summed E-state index contributed by atoms with van der Waals surface area (Å²) in [5.41, 5.74) is 2.10. The molecule has 0 bridgehead atoms. The zero-order valence-corrected chi connectivity index (χ0v) is 19.3. The first-order chi connectivity index (χ1) is 14.2. The number of hydrogen-bond acceptors (Lipinski definition) is 4. The van der Waals surface area contributed by atoms with Crippen LogP contribution in [0.1, 0.15) is 52.9 Å². The Morgan fingerprint density at radius 1 is 0.828 bits per heavy atom.